The maximum atomic E-state index is 11.2. The van der Waals surface area contributed by atoms with E-state index in [0.717, 1.165) is 12.0 Å². The van der Waals surface area contributed by atoms with Crippen LogP contribution in [0, 0.1) is 17.3 Å². The van der Waals surface area contributed by atoms with Crippen LogP contribution in [-0.4, -0.2) is 36.6 Å². The number of aliphatic hydroxyl groups excluding tert-OH is 1. The Morgan fingerprint density at radius 3 is 2.84 bits per heavy atom. The molecule has 3 heteroatoms. The second kappa shape index (κ2) is 4.31. The zero-order chi connectivity index (χ0) is 13.8. The fourth-order valence-corrected chi connectivity index (χ4v) is 4.95. The van der Waals surface area contributed by atoms with Crippen LogP contribution >= 0.6 is 0 Å². The number of ether oxygens (including phenoxy) is 2. The largest absolute Gasteiger partial charge is 0.389 e. The molecule has 0 aromatic rings. The van der Waals surface area contributed by atoms with Crippen LogP contribution in [0.25, 0.3) is 0 Å². The van der Waals surface area contributed by atoms with Crippen molar-refractivity contribution < 1.29 is 14.6 Å². The number of fused-ring (bicyclic) bond motifs is 2. The SMILES string of the molecule is C=C1CO[C@H]2C[C@H]3CCC[C@H](C)[C@@]3(C)[C@H](O)[C@@]12OC. The van der Waals surface area contributed by atoms with E-state index in [4.69, 9.17) is 9.47 Å². The molecule has 0 amide bonds. The van der Waals surface area contributed by atoms with Gasteiger partial charge in [0.2, 0.25) is 0 Å². The van der Waals surface area contributed by atoms with Gasteiger partial charge in [0.15, 0.2) is 0 Å². The van der Waals surface area contributed by atoms with Gasteiger partial charge < -0.3 is 14.6 Å². The summed E-state index contributed by atoms with van der Waals surface area (Å²) in [5.41, 5.74) is 0.142. The van der Waals surface area contributed by atoms with Gasteiger partial charge in [-0.15, -0.1) is 0 Å². The summed E-state index contributed by atoms with van der Waals surface area (Å²) in [5.74, 6) is 1.05. The Labute approximate surface area is 116 Å². The number of hydrogen-bond acceptors (Lipinski definition) is 3. The topological polar surface area (TPSA) is 38.7 Å². The molecule has 0 bridgehead atoms. The molecular formula is C16H26O3. The summed E-state index contributed by atoms with van der Waals surface area (Å²) >= 11 is 0. The van der Waals surface area contributed by atoms with Crippen molar-refractivity contribution in [3.63, 3.8) is 0 Å². The molecule has 3 fully saturated rings. The third kappa shape index (κ3) is 1.50. The molecule has 1 aliphatic heterocycles. The summed E-state index contributed by atoms with van der Waals surface area (Å²) in [5, 5.41) is 11.2. The van der Waals surface area contributed by atoms with Gasteiger partial charge >= 0.3 is 0 Å². The highest BCUT2D eigenvalue weighted by molar-refractivity contribution is 5.30. The number of hydrogen-bond donors (Lipinski definition) is 1. The molecule has 3 rings (SSSR count). The van der Waals surface area contributed by atoms with Crippen molar-refractivity contribution >= 4 is 0 Å². The quantitative estimate of drug-likeness (QED) is 0.741. The summed E-state index contributed by atoms with van der Waals surface area (Å²) in [6.07, 6.45) is 4.11. The van der Waals surface area contributed by atoms with Gasteiger partial charge in [0, 0.05) is 12.5 Å². The van der Waals surface area contributed by atoms with Crippen LogP contribution in [-0.2, 0) is 9.47 Å². The van der Waals surface area contributed by atoms with Gasteiger partial charge in [0.05, 0.1) is 18.8 Å². The smallest absolute Gasteiger partial charge is 0.143 e. The standard InChI is InChI=1S/C16H26O3/c1-10-6-5-7-12-8-13-16(18-4,11(2)9-19-13)14(17)15(10,12)3/h10,12-14,17H,2,5-9H2,1,3-4H3/t10-,12+,13-,14-,15+,16+/m0/s1. The maximum Gasteiger partial charge on any atom is 0.143 e. The highest BCUT2D eigenvalue weighted by Gasteiger charge is 2.65. The summed E-state index contributed by atoms with van der Waals surface area (Å²) < 4.78 is 11.7. The van der Waals surface area contributed by atoms with Crippen LogP contribution in [0.1, 0.15) is 39.5 Å². The Kier molecular flexibility index (Phi) is 3.08. The van der Waals surface area contributed by atoms with Crippen LogP contribution in [0.15, 0.2) is 12.2 Å². The number of methoxy groups -OCH3 is 1. The van der Waals surface area contributed by atoms with Crippen LogP contribution in [0.2, 0.25) is 0 Å². The first kappa shape index (κ1) is 13.6. The molecule has 0 aromatic heterocycles. The summed E-state index contributed by atoms with van der Waals surface area (Å²) in [4.78, 5) is 0. The van der Waals surface area contributed by atoms with Gasteiger partial charge in [0.25, 0.3) is 0 Å². The predicted molar refractivity (Wildman–Crippen MR) is 73.9 cm³/mol. The maximum absolute atomic E-state index is 11.2. The third-order valence-electron chi connectivity index (χ3n) is 6.45. The molecule has 0 radical (unpaired) electrons. The molecule has 0 spiro atoms. The van der Waals surface area contributed by atoms with E-state index in [9.17, 15) is 5.11 Å². The lowest BCUT2D eigenvalue weighted by molar-refractivity contribution is -0.229. The molecule has 1 heterocycles. The van der Waals surface area contributed by atoms with E-state index < -0.39 is 11.7 Å². The van der Waals surface area contributed by atoms with Crippen molar-refractivity contribution in [2.24, 2.45) is 17.3 Å². The van der Waals surface area contributed by atoms with Gasteiger partial charge in [-0.2, -0.15) is 0 Å². The van der Waals surface area contributed by atoms with Crippen molar-refractivity contribution in [1.82, 2.24) is 0 Å². The Morgan fingerprint density at radius 2 is 2.16 bits per heavy atom. The average Bonchev–Trinajstić information content (AvgIpc) is 2.71. The van der Waals surface area contributed by atoms with Gasteiger partial charge in [-0.25, -0.2) is 0 Å². The molecule has 1 saturated heterocycles. The molecule has 3 aliphatic rings. The lowest BCUT2D eigenvalue weighted by Crippen LogP contribution is -2.66. The second-order valence-electron chi connectivity index (χ2n) is 6.93. The Hall–Kier alpha value is -0.380. The van der Waals surface area contributed by atoms with E-state index in [1.165, 1.54) is 19.3 Å². The molecule has 19 heavy (non-hydrogen) atoms. The monoisotopic (exact) mass is 266 g/mol. The van der Waals surface area contributed by atoms with E-state index in [0.29, 0.717) is 18.4 Å². The first-order chi connectivity index (χ1) is 8.97. The third-order valence-corrected chi connectivity index (χ3v) is 6.45. The fourth-order valence-electron chi connectivity index (χ4n) is 4.95. The molecule has 0 unspecified atom stereocenters. The molecule has 6 atom stereocenters. The Bertz CT molecular complexity index is 393. The van der Waals surface area contributed by atoms with E-state index in [1.807, 2.05) is 0 Å². The van der Waals surface area contributed by atoms with Crippen molar-refractivity contribution in [1.29, 1.82) is 0 Å². The van der Waals surface area contributed by atoms with Gasteiger partial charge in [-0.05, 0) is 30.3 Å². The normalized spacial score (nSPS) is 53.8. The minimum absolute atomic E-state index is 0.0247. The highest BCUT2D eigenvalue weighted by Crippen LogP contribution is 2.59. The summed E-state index contributed by atoms with van der Waals surface area (Å²) in [7, 11) is 1.69. The first-order valence-electron chi connectivity index (χ1n) is 7.51. The van der Waals surface area contributed by atoms with Crippen molar-refractivity contribution in [2.45, 2.75) is 57.3 Å². The van der Waals surface area contributed by atoms with Gasteiger partial charge in [0.1, 0.15) is 5.60 Å². The Morgan fingerprint density at radius 1 is 1.42 bits per heavy atom. The van der Waals surface area contributed by atoms with Crippen molar-refractivity contribution in [2.75, 3.05) is 13.7 Å². The summed E-state index contributed by atoms with van der Waals surface area (Å²) in [6, 6.07) is 0. The number of rotatable bonds is 1. The lowest BCUT2D eigenvalue weighted by atomic mass is 9.50. The van der Waals surface area contributed by atoms with Crippen LogP contribution in [0.3, 0.4) is 0 Å². The highest BCUT2D eigenvalue weighted by atomic mass is 16.6. The molecule has 2 saturated carbocycles. The zero-order valence-corrected chi connectivity index (χ0v) is 12.3. The van der Waals surface area contributed by atoms with E-state index in [-0.39, 0.29) is 11.5 Å². The molecule has 3 nitrogen and oxygen atoms in total. The van der Waals surface area contributed by atoms with E-state index >= 15 is 0 Å². The average molecular weight is 266 g/mol. The molecule has 2 aliphatic carbocycles. The van der Waals surface area contributed by atoms with Crippen LogP contribution < -0.4 is 0 Å². The lowest BCUT2D eigenvalue weighted by Gasteiger charge is -2.59. The van der Waals surface area contributed by atoms with Crippen molar-refractivity contribution in [3.05, 3.63) is 12.2 Å². The molecule has 1 N–H and O–H groups in total. The van der Waals surface area contributed by atoms with Crippen molar-refractivity contribution in [3.8, 4) is 0 Å². The molecule has 0 aromatic carbocycles. The van der Waals surface area contributed by atoms with Crippen LogP contribution in [0.4, 0.5) is 0 Å². The minimum Gasteiger partial charge on any atom is -0.389 e. The molecule has 108 valence electrons. The zero-order valence-electron chi connectivity index (χ0n) is 12.3. The summed E-state index contributed by atoms with van der Waals surface area (Å²) in [6.45, 7) is 9.16. The Balaban J connectivity index is 2.05. The number of aliphatic hydroxyl groups is 1. The van der Waals surface area contributed by atoms with Gasteiger partial charge in [-0.1, -0.05) is 33.3 Å². The van der Waals surface area contributed by atoms with E-state index in [1.54, 1.807) is 7.11 Å². The predicted octanol–water partition coefficient (Wildman–Crippen LogP) is 2.53. The second-order valence-corrected chi connectivity index (χ2v) is 6.93. The van der Waals surface area contributed by atoms with E-state index in [2.05, 4.69) is 20.4 Å². The van der Waals surface area contributed by atoms with Gasteiger partial charge in [-0.3, -0.25) is 0 Å². The minimum atomic E-state index is -0.684. The fraction of sp³-hybridized carbons (Fsp3) is 0.875. The first-order valence-corrected chi connectivity index (χ1v) is 7.51. The van der Waals surface area contributed by atoms with Crippen LogP contribution in [0.5, 0.6) is 0 Å². The molecular weight excluding hydrogens is 240 g/mol.